The summed E-state index contributed by atoms with van der Waals surface area (Å²) in [4.78, 5) is 2.37. The number of benzene rings is 1. The summed E-state index contributed by atoms with van der Waals surface area (Å²) in [6.07, 6.45) is 5.05. The van der Waals surface area contributed by atoms with Crippen LogP contribution in [0.5, 0.6) is 5.75 Å². The van der Waals surface area contributed by atoms with Gasteiger partial charge >= 0.3 is 0 Å². The van der Waals surface area contributed by atoms with E-state index in [0.29, 0.717) is 23.9 Å². The van der Waals surface area contributed by atoms with E-state index in [-0.39, 0.29) is 18.2 Å². The molecule has 2 fully saturated rings. The average molecular weight is 315 g/mol. The molecular weight excluding hydrogens is 291 g/mol. The van der Waals surface area contributed by atoms with Crippen molar-refractivity contribution in [3.05, 3.63) is 29.6 Å². The molecule has 1 aromatic carbocycles. The first kappa shape index (κ1) is 16.5. The molecule has 0 aliphatic carbocycles. The van der Waals surface area contributed by atoms with Gasteiger partial charge in [-0.1, -0.05) is 6.07 Å². The molecule has 2 bridgehead atoms. The van der Waals surface area contributed by atoms with Crippen LogP contribution in [0.2, 0.25) is 0 Å². The smallest absolute Gasteiger partial charge is 0.165 e. The van der Waals surface area contributed by atoms with Crippen molar-refractivity contribution in [1.82, 2.24) is 10.2 Å². The second-order valence-corrected chi connectivity index (χ2v) is 6.15. The summed E-state index contributed by atoms with van der Waals surface area (Å²) in [5, 5.41) is 3.66. The first-order chi connectivity index (χ1) is 9.65. The molecule has 3 rings (SSSR count). The molecule has 2 atom stereocenters. The van der Waals surface area contributed by atoms with Gasteiger partial charge in [-0.2, -0.15) is 0 Å². The van der Waals surface area contributed by atoms with E-state index in [1.807, 2.05) is 6.07 Å². The van der Waals surface area contributed by atoms with Crippen molar-refractivity contribution in [2.45, 2.75) is 50.4 Å². The minimum atomic E-state index is -0.274. The second-order valence-electron chi connectivity index (χ2n) is 6.15. The summed E-state index contributed by atoms with van der Waals surface area (Å²) in [5.41, 5.74) is 1.01. The highest BCUT2D eigenvalue weighted by Crippen LogP contribution is 2.30. The Morgan fingerprint density at radius 2 is 1.95 bits per heavy atom. The molecule has 0 spiro atoms. The minimum Gasteiger partial charge on any atom is -0.494 e. The molecule has 2 unspecified atom stereocenters. The zero-order valence-electron chi connectivity index (χ0n) is 12.6. The summed E-state index contributed by atoms with van der Waals surface area (Å²) in [7, 11) is 3.65. The lowest BCUT2D eigenvalue weighted by Gasteiger charge is -2.35. The maximum atomic E-state index is 13.7. The summed E-state index contributed by atoms with van der Waals surface area (Å²) >= 11 is 0. The fourth-order valence-corrected chi connectivity index (χ4v) is 3.61. The van der Waals surface area contributed by atoms with Gasteiger partial charge < -0.3 is 10.1 Å². The standard InChI is InChI=1S/C16H23FN2O.ClH/c1-19(14-8-12-4-5-13(9-14)18-12)10-11-3-6-16(20-2)15(17)7-11;/h3,6-7,12-14,18H,4-5,8-10H2,1-2H3;1H. The number of nitrogens with one attached hydrogen (secondary N) is 1. The van der Waals surface area contributed by atoms with Crippen LogP contribution in [0.1, 0.15) is 31.2 Å². The Morgan fingerprint density at radius 1 is 1.29 bits per heavy atom. The third kappa shape index (κ3) is 3.68. The molecular formula is C16H24ClFN2O. The van der Waals surface area contributed by atoms with Gasteiger partial charge in [0.1, 0.15) is 0 Å². The predicted octanol–water partition coefficient (Wildman–Crippen LogP) is 2.97. The molecule has 5 heteroatoms. The number of nitrogens with zero attached hydrogens (tertiary/aromatic N) is 1. The Hall–Kier alpha value is -0.840. The van der Waals surface area contributed by atoms with Gasteiger partial charge in [0.15, 0.2) is 11.6 Å². The second kappa shape index (κ2) is 6.95. The van der Waals surface area contributed by atoms with Crippen molar-refractivity contribution in [1.29, 1.82) is 0 Å². The fourth-order valence-electron chi connectivity index (χ4n) is 3.61. The van der Waals surface area contributed by atoms with Crippen molar-refractivity contribution < 1.29 is 9.13 Å². The first-order valence-electron chi connectivity index (χ1n) is 7.44. The lowest BCUT2D eigenvalue weighted by atomic mass is 9.98. The van der Waals surface area contributed by atoms with Gasteiger partial charge in [0.25, 0.3) is 0 Å². The highest BCUT2D eigenvalue weighted by molar-refractivity contribution is 5.85. The van der Waals surface area contributed by atoms with Crippen molar-refractivity contribution in [2.24, 2.45) is 0 Å². The summed E-state index contributed by atoms with van der Waals surface area (Å²) in [5.74, 6) is 0.0418. The van der Waals surface area contributed by atoms with Crippen LogP contribution in [0.3, 0.4) is 0 Å². The summed E-state index contributed by atoms with van der Waals surface area (Å²) < 4.78 is 18.7. The van der Waals surface area contributed by atoms with E-state index in [0.717, 1.165) is 12.1 Å². The predicted molar refractivity (Wildman–Crippen MR) is 84.6 cm³/mol. The van der Waals surface area contributed by atoms with Crippen LogP contribution in [-0.2, 0) is 6.54 Å². The topological polar surface area (TPSA) is 24.5 Å². The van der Waals surface area contributed by atoms with Crippen molar-refractivity contribution >= 4 is 12.4 Å². The lowest BCUT2D eigenvalue weighted by Crippen LogP contribution is -2.46. The van der Waals surface area contributed by atoms with Gasteiger partial charge in [-0.3, -0.25) is 4.90 Å². The number of methoxy groups -OCH3 is 1. The van der Waals surface area contributed by atoms with E-state index >= 15 is 0 Å². The Morgan fingerprint density at radius 3 is 2.52 bits per heavy atom. The van der Waals surface area contributed by atoms with Crippen molar-refractivity contribution in [3.63, 3.8) is 0 Å². The maximum Gasteiger partial charge on any atom is 0.165 e. The van der Waals surface area contributed by atoms with E-state index in [1.165, 1.54) is 32.8 Å². The van der Waals surface area contributed by atoms with E-state index < -0.39 is 0 Å². The molecule has 2 aliphatic rings. The van der Waals surface area contributed by atoms with Crippen molar-refractivity contribution in [2.75, 3.05) is 14.2 Å². The van der Waals surface area contributed by atoms with Crippen LogP contribution in [0.25, 0.3) is 0 Å². The normalized spacial score (nSPS) is 27.5. The van der Waals surface area contributed by atoms with Gasteiger partial charge in [0, 0.05) is 24.7 Å². The zero-order chi connectivity index (χ0) is 14.1. The Labute approximate surface area is 132 Å². The van der Waals surface area contributed by atoms with Crippen molar-refractivity contribution in [3.8, 4) is 5.75 Å². The molecule has 3 nitrogen and oxygen atoms in total. The van der Waals surface area contributed by atoms with Crippen LogP contribution in [-0.4, -0.2) is 37.2 Å². The molecule has 2 aliphatic heterocycles. The zero-order valence-corrected chi connectivity index (χ0v) is 13.5. The van der Waals surface area contributed by atoms with Gasteiger partial charge in [-0.25, -0.2) is 4.39 Å². The molecule has 0 saturated carbocycles. The quantitative estimate of drug-likeness (QED) is 0.924. The van der Waals surface area contributed by atoms with Crippen LogP contribution in [0.4, 0.5) is 4.39 Å². The van der Waals surface area contributed by atoms with Crippen LogP contribution in [0, 0.1) is 5.82 Å². The number of hydrogen-bond acceptors (Lipinski definition) is 3. The maximum absolute atomic E-state index is 13.7. The van der Waals surface area contributed by atoms with E-state index in [9.17, 15) is 4.39 Å². The van der Waals surface area contributed by atoms with Crippen LogP contribution in [0.15, 0.2) is 18.2 Å². The molecule has 21 heavy (non-hydrogen) atoms. The molecule has 2 saturated heterocycles. The van der Waals surface area contributed by atoms with Gasteiger partial charge in [-0.05, 0) is 50.4 Å². The van der Waals surface area contributed by atoms with E-state index in [2.05, 4.69) is 17.3 Å². The average Bonchev–Trinajstić information content (AvgIpc) is 2.77. The largest absolute Gasteiger partial charge is 0.494 e. The Balaban J connectivity index is 0.00000161. The summed E-state index contributed by atoms with van der Waals surface area (Å²) in [6.45, 7) is 0.797. The molecule has 2 heterocycles. The molecule has 1 N–H and O–H groups in total. The third-order valence-corrected chi connectivity index (χ3v) is 4.72. The SMILES string of the molecule is COc1ccc(CN(C)C2CC3CCC(C2)N3)cc1F.Cl. The molecule has 0 amide bonds. The Bertz CT molecular complexity index is 473. The number of fused-ring (bicyclic) bond motifs is 2. The highest BCUT2D eigenvalue weighted by atomic mass is 35.5. The number of hydrogen-bond donors (Lipinski definition) is 1. The van der Waals surface area contributed by atoms with Gasteiger partial charge in [-0.15, -0.1) is 12.4 Å². The number of ether oxygens (including phenoxy) is 1. The molecule has 0 aromatic heterocycles. The summed E-state index contributed by atoms with van der Waals surface area (Å²) in [6, 6.07) is 7.24. The van der Waals surface area contributed by atoms with Gasteiger partial charge in [0.05, 0.1) is 7.11 Å². The number of rotatable bonds is 4. The van der Waals surface area contributed by atoms with E-state index in [4.69, 9.17) is 4.74 Å². The molecule has 0 radical (unpaired) electrons. The number of piperidine rings is 1. The van der Waals surface area contributed by atoms with Crippen LogP contribution < -0.4 is 10.1 Å². The molecule has 118 valence electrons. The number of halogens is 2. The highest BCUT2D eigenvalue weighted by Gasteiger charge is 2.34. The van der Waals surface area contributed by atoms with E-state index in [1.54, 1.807) is 12.1 Å². The monoisotopic (exact) mass is 314 g/mol. The first-order valence-corrected chi connectivity index (χ1v) is 7.44. The minimum absolute atomic E-state index is 0. The Kier molecular flexibility index (Phi) is 5.47. The van der Waals surface area contributed by atoms with Crippen LogP contribution >= 0.6 is 12.4 Å². The lowest BCUT2D eigenvalue weighted by molar-refractivity contribution is 0.165. The molecule has 1 aromatic rings. The fraction of sp³-hybridized carbons (Fsp3) is 0.625. The van der Waals surface area contributed by atoms with Gasteiger partial charge in [0.2, 0.25) is 0 Å². The third-order valence-electron chi connectivity index (χ3n) is 4.72.